The van der Waals surface area contributed by atoms with E-state index in [-0.39, 0.29) is 0 Å². The number of hydrogen-bond donors (Lipinski definition) is 4. The first-order chi connectivity index (χ1) is 6.86. The fraction of sp³-hybridized carbons (Fsp3) is 1.00. The molecule has 0 spiro atoms. The van der Waals surface area contributed by atoms with E-state index in [0.29, 0.717) is 12.1 Å². The Balaban J connectivity index is 2.33. The zero-order valence-corrected chi connectivity index (χ0v) is 8.97. The minimum atomic E-state index is 0.573. The average molecular weight is 200 g/mol. The highest BCUT2D eigenvalue weighted by atomic mass is 15.0. The van der Waals surface area contributed by atoms with Crippen LogP contribution in [0, 0.1) is 0 Å². The molecule has 2 atom stereocenters. The summed E-state index contributed by atoms with van der Waals surface area (Å²) in [5, 5.41) is 7.10. The van der Waals surface area contributed by atoms with Crippen molar-refractivity contribution >= 4 is 0 Å². The van der Waals surface area contributed by atoms with Gasteiger partial charge in [0, 0.05) is 12.1 Å². The molecule has 0 aromatic heterocycles. The fourth-order valence-electron chi connectivity index (χ4n) is 2.04. The van der Waals surface area contributed by atoms with Crippen molar-refractivity contribution in [1.82, 2.24) is 10.6 Å². The van der Waals surface area contributed by atoms with E-state index in [1.54, 1.807) is 0 Å². The third-order valence-electron chi connectivity index (χ3n) is 2.84. The van der Waals surface area contributed by atoms with Crippen LogP contribution in [0.5, 0.6) is 0 Å². The molecule has 4 nitrogen and oxygen atoms in total. The molecule has 14 heavy (non-hydrogen) atoms. The Hall–Kier alpha value is -0.160. The maximum absolute atomic E-state index is 5.58. The lowest BCUT2D eigenvalue weighted by Gasteiger charge is -2.28. The van der Waals surface area contributed by atoms with Crippen molar-refractivity contribution in [3.05, 3.63) is 0 Å². The highest BCUT2D eigenvalue weighted by Crippen LogP contribution is 2.05. The van der Waals surface area contributed by atoms with Gasteiger partial charge in [-0.1, -0.05) is 0 Å². The summed E-state index contributed by atoms with van der Waals surface area (Å²) in [7, 11) is 0. The van der Waals surface area contributed by atoms with Gasteiger partial charge in [-0.15, -0.1) is 0 Å². The largest absolute Gasteiger partial charge is 0.330 e. The van der Waals surface area contributed by atoms with Crippen LogP contribution in [0.3, 0.4) is 0 Å². The van der Waals surface area contributed by atoms with Crippen LogP contribution in [0.15, 0.2) is 0 Å². The molecular formula is C10H24N4. The predicted molar refractivity (Wildman–Crippen MR) is 60.2 cm³/mol. The van der Waals surface area contributed by atoms with Crippen LogP contribution in [-0.4, -0.2) is 38.3 Å². The molecule has 0 amide bonds. The van der Waals surface area contributed by atoms with E-state index in [1.807, 2.05) is 0 Å². The lowest BCUT2D eigenvalue weighted by Crippen LogP contribution is -2.45. The molecule has 1 aliphatic heterocycles. The van der Waals surface area contributed by atoms with Crippen LogP contribution < -0.4 is 22.1 Å². The predicted octanol–water partition coefficient (Wildman–Crippen LogP) is -0.606. The van der Waals surface area contributed by atoms with Crippen molar-refractivity contribution in [3.8, 4) is 0 Å². The van der Waals surface area contributed by atoms with Crippen LogP contribution in [-0.2, 0) is 0 Å². The topological polar surface area (TPSA) is 76.1 Å². The molecule has 2 unspecified atom stereocenters. The molecular weight excluding hydrogens is 176 g/mol. The molecule has 6 N–H and O–H groups in total. The van der Waals surface area contributed by atoms with Gasteiger partial charge < -0.3 is 22.1 Å². The summed E-state index contributed by atoms with van der Waals surface area (Å²) < 4.78 is 0. The first-order valence-electron chi connectivity index (χ1n) is 5.73. The average Bonchev–Trinajstić information content (AvgIpc) is 2.13. The molecule has 1 saturated heterocycles. The van der Waals surface area contributed by atoms with Gasteiger partial charge in [-0.2, -0.15) is 0 Å². The van der Waals surface area contributed by atoms with Crippen molar-refractivity contribution in [3.63, 3.8) is 0 Å². The lowest BCUT2D eigenvalue weighted by molar-refractivity contribution is 0.334. The molecule has 0 bridgehead atoms. The summed E-state index contributed by atoms with van der Waals surface area (Å²) in [4.78, 5) is 0. The van der Waals surface area contributed by atoms with Crippen LogP contribution in [0.25, 0.3) is 0 Å². The van der Waals surface area contributed by atoms with Gasteiger partial charge >= 0.3 is 0 Å². The van der Waals surface area contributed by atoms with Gasteiger partial charge in [0.25, 0.3) is 0 Å². The normalized spacial score (nSPS) is 29.6. The number of nitrogens with two attached hydrogens (primary N) is 2. The van der Waals surface area contributed by atoms with Crippen molar-refractivity contribution < 1.29 is 0 Å². The van der Waals surface area contributed by atoms with E-state index in [4.69, 9.17) is 11.5 Å². The standard InChI is InChI=1S/C10H24N4/c11-5-1-9-3-7-13-8-4-10(14-9)2-6-12/h9-10,13-14H,1-8,11-12H2. The summed E-state index contributed by atoms with van der Waals surface area (Å²) in [5.74, 6) is 0. The van der Waals surface area contributed by atoms with Gasteiger partial charge in [-0.25, -0.2) is 0 Å². The molecule has 0 aromatic carbocycles. The van der Waals surface area contributed by atoms with E-state index in [1.165, 1.54) is 12.8 Å². The minimum absolute atomic E-state index is 0.573. The van der Waals surface area contributed by atoms with Gasteiger partial charge in [-0.3, -0.25) is 0 Å². The monoisotopic (exact) mass is 200 g/mol. The molecule has 0 saturated carbocycles. The first kappa shape index (κ1) is 11.9. The van der Waals surface area contributed by atoms with Gasteiger partial charge in [0.05, 0.1) is 0 Å². The summed E-state index contributed by atoms with van der Waals surface area (Å²) in [5.41, 5.74) is 11.2. The molecule has 1 rings (SSSR count). The fourth-order valence-corrected chi connectivity index (χ4v) is 2.04. The molecule has 1 fully saturated rings. The molecule has 0 aliphatic carbocycles. The molecule has 84 valence electrons. The molecule has 0 radical (unpaired) electrons. The lowest BCUT2D eigenvalue weighted by atomic mass is 10.0. The van der Waals surface area contributed by atoms with E-state index in [9.17, 15) is 0 Å². The minimum Gasteiger partial charge on any atom is -0.330 e. The van der Waals surface area contributed by atoms with Gasteiger partial charge in [0.1, 0.15) is 0 Å². The highest BCUT2D eigenvalue weighted by Gasteiger charge is 2.16. The Kier molecular flexibility index (Phi) is 6.10. The first-order valence-corrected chi connectivity index (χ1v) is 5.73. The Morgan fingerprint density at radius 1 is 0.929 bits per heavy atom. The van der Waals surface area contributed by atoms with Crippen molar-refractivity contribution in [2.45, 2.75) is 37.8 Å². The smallest absolute Gasteiger partial charge is 0.00937 e. The summed E-state index contributed by atoms with van der Waals surface area (Å²) >= 11 is 0. The van der Waals surface area contributed by atoms with Gasteiger partial charge in [0.15, 0.2) is 0 Å². The summed E-state index contributed by atoms with van der Waals surface area (Å²) in [6.07, 6.45) is 4.50. The third kappa shape index (κ3) is 4.37. The van der Waals surface area contributed by atoms with E-state index in [2.05, 4.69) is 10.6 Å². The van der Waals surface area contributed by atoms with Crippen molar-refractivity contribution in [2.75, 3.05) is 26.2 Å². The van der Waals surface area contributed by atoms with Crippen LogP contribution >= 0.6 is 0 Å². The van der Waals surface area contributed by atoms with Crippen LogP contribution in [0.2, 0.25) is 0 Å². The second-order valence-electron chi connectivity index (χ2n) is 4.04. The number of hydrogen-bond acceptors (Lipinski definition) is 4. The maximum atomic E-state index is 5.58. The molecule has 1 heterocycles. The Bertz CT molecular complexity index is 126. The van der Waals surface area contributed by atoms with Crippen LogP contribution in [0.1, 0.15) is 25.7 Å². The van der Waals surface area contributed by atoms with Gasteiger partial charge in [0.2, 0.25) is 0 Å². The zero-order chi connectivity index (χ0) is 10.2. The second kappa shape index (κ2) is 7.17. The Morgan fingerprint density at radius 2 is 1.43 bits per heavy atom. The zero-order valence-electron chi connectivity index (χ0n) is 8.97. The van der Waals surface area contributed by atoms with Crippen molar-refractivity contribution in [1.29, 1.82) is 0 Å². The highest BCUT2D eigenvalue weighted by molar-refractivity contribution is 4.79. The molecule has 0 aromatic rings. The number of rotatable bonds is 4. The second-order valence-corrected chi connectivity index (χ2v) is 4.04. The maximum Gasteiger partial charge on any atom is 0.00937 e. The van der Waals surface area contributed by atoms with E-state index < -0.39 is 0 Å². The Morgan fingerprint density at radius 3 is 1.86 bits per heavy atom. The van der Waals surface area contributed by atoms with Gasteiger partial charge in [-0.05, 0) is 51.9 Å². The quantitative estimate of drug-likeness (QED) is 0.488. The summed E-state index contributed by atoms with van der Waals surface area (Å²) in [6, 6.07) is 1.15. The van der Waals surface area contributed by atoms with Crippen molar-refractivity contribution in [2.24, 2.45) is 11.5 Å². The third-order valence-corrected chi connectivity index (χ3v) is 2.84. The van der Waals surface area contributed by atoms with Crippen LogP contribution in [0.4, 0.5) is 0 Å². The molecule has 1 aliphatic rings. The molecule has 4 heteroatoms. The number of nitrogens with one attached hydrogen (secondary N) is 2. The van der Waals surface area contributed by atoms with E-state index in [0.717, 1.165) is 39.0 Å². The van der Waals surface area contributed by atoms with E-state index >= 15 is 0 Å². The summed E-state index contributed by atoms with van der Waals surface area (Å²) in [6.45, 7) is 3.75. The SMILES string of the molecule is NCCC1CCNCCC(CCN)N1. The Labute approximate surface area is 86.8 Å².